The molecule has 0 saturated heterocycles. The van der Waals surface area contributed by atoms with Crippen LogP contribution in [0.5, 0.6) is 5.75 Å². The summed E-state index contributed by atoms with van der Waals surface area (Å²) in [6.45, 7) is 6.47. The maximum absolute atomic E-state index is 8.75. The third kappa shape index (κ3) is 4.26. The summed E-state index contributed by atoms with van der Waals surface area (Å²) >= 11 is 6.14. The SMILES string of the molecule is CC(C)NCc1c(Cl)cccc1OC(C)C#N. The van der Waals surface area contributed by atoms with E-state index in [9.17, 15) is 0 Å². The van der Waals surface area contributed by atoms with Crippen molar-refractivity contribution in [3.63, 3.8) is 0 Å². The van der Waals surface area contributed by atoms with E-state index in [-0.39, 0.29) is 0 Å². The Hall–Kier alpha value is -1.24. The number of nitrogens with zero attached hydrogens (tertiary/aromatic N) is 1. The third-order valence-electron chi connectivity index (χ3n) is 2.25. The molecule has 1 N–H and O–H groups in total. The monoisotopic (exact) mass is 252 g/mol. The number of nitriles is 1. The number of hydrogen-bond acceptors (Lipinski definition) is 3. The maximum atomic E-state index is 8.75. The molecule has 0 aliphatic rings. The third-order valence-corrected chi connectivity index (χ3v) is 2.60. The van der Waals surface area contributed by atoms with Crippen molar-refractivity contribution in [2.75, 3.05) is 0 Å². The quantitative estimate of drug-likeness (QED) is 0.876. The molecule has 1 rings (SSSR count). The number of halogens is 1. The van der Waals surface area contributed by atoms with Gasteiger partial charge in [-0.15, -0.1) is 0 Å². The van der Waals surface area contributed by atoms with Crippen LogP contribution in [0.2, 0.25) is 5.02 Å². The number of rotatable bonds is 5. The molecule has 0 bridgehead atoms. The molecular formula is C13H17ClN2O. The molecule has 1 aromatic rings. The average Bonchev–Trinajstić information content (AvgIpc) is 2.27. The van der Waals surface area contributed by atoms with E-state index in [0.29, 0.717) is 23.4 Å². The smallest absolute Gasteiger partial charge is 0.181 e. The van der Waals surface area contributed by atoms with E-state index < -0.39 is 6.10 Å². The summed E-state index contributed by atoms with van der Waals surface area (Å²) in [6, 6.07) is 7.88. The fraction of sp³-hybridized carbons (Fsp3) is 0.462. The molecule has 0 fully saturated rings. The van der Waals surface area contributed by atoms with Crippen molar-refractivity contribution in [3.05, 3.63) is 28.8 Å². The fourth-order valence-electron chi connectivity index (χ4n) is 1.34. The van der Waals surface area contributed by atoms with Crippen LogP contribution in [-0.2, 0) is 6.54 Å². The molecule has 0 aliphatic carbocycles. The summed E-state index contributed by atoms with van der Waals surface area (Å²) in [6.07, 6.45) is -0.480. The van der Waals surface area contributed by atoms with Crippen LogP contribution < -0.4 is 10.1 Å². The van der Waals surface area contributed by atoms with Gasteiger partial charge in [-0.2, -0.15) is 5.26 Å². The minimum Gasteiger partial charge on any atom is -0.475 e. The van der Waals surface area contributed by atoms with Crippen molar-refractivity contribution in [2.45, 2.75) is 39.5 Å². The van der Waals surface area contributed by atoms with Gasteiger partial charge in [0.25, 0.3) is 0 Å². The second-order valence-corrected chi connectivity index (χ2v) is 4.55. The normalized spacial score (nSPS) is 12.2. The summed E-state index contributed by atoms with van der Waals surface area (Å²) in [5.41, 5.74) is 0.893. The van der Waals surface area contributed by atoms with E-state index in [1.807, 2.05) is 24.3 Å². The summed E-state index contributed by atoms with van der Waals surface area (Å²) in [5, 5.41) is 12.7. The average molecular weight is 253 g/mol. The predicted octanol–water partition coefficient (Wildman–Crippen LogP) is 3.13. The number of nitrogens with one attached hydrogen (secondary N) is 1. The Bertz CT molecular complexity index is 412. The first kappa shape index (κ1) is 13.8. The van der Waals surface area contributed by atoms with Crippen LogP contribution in [0.4, 0.5) is 0 Å². The Balaban J connectivity index is 2.88. The van der Waals surface area contributed by atoms with Crippen LogP contribution in [-0.4, -0.2) is 12.1 Å². The van der Waals surface area contributed by atoms with Gasteiger partial charge in [-0.05, 0) is 19.1 Å². The van der Waals surface area contributed by atoms with Gasteiger partial charge < -0.3 is 10.1 Å². The van der Waals surface area contributed by atoms with Crippen molar-refractivity contribution in [3.8, 4) is 11.8 Å². The molecule has 1 atom stereocenters. The lowest BCUT2D eigenvalue weighted by molar-refractivity contribution is 0.273. The highest BCUT2D eigenvalue weighted by molar-refractivity contribution is 6.31. The molecule has 0 spiro atoms. The first-order valence-electron chi connectivity index (χ1n) is 5.61. The van der Waals surface area contributed by atoms with Crippen molar-refractivity contribution in [1.82, 2.24) is 5.32 Å². The Morgan fingerprint density at radius 1 is 1.41 bits per heavy atom. The van der Waals surface area contributed by atoms with E-state index in [0.717, 1.165) is 5.56 Å². The molecule has 17 heavy (non-hydrogen) atoms. The van der Waals surface area contributed by atoms with Gasteiger partial charge in [0.05, 0.1) is 0 Å². The van der Waals surface area contributed by atoms with Gasteiger partial charge in [0.15, 0.2) is 6.10 Å². The van der Waals surface area contributed by atoms with Gasteiger partial charge in [0, 0.05) is 23.2 Å². The van der Waals surface area contributed by atoms with Crippen molar-refractivity contribution < 1.29 is 4.74 Å². The van der Waals surface area contributed by atoms with E-state index in [1.54, 1.807) is 6.92 Å². The molecule has 0 amide bonds. The molecule has 4 heteroatoms. The van der Waals surface area contributed by atoms with Gasteiger partial charge in [0.2, 0.25) is 0 Å². The molecule has 0 radical (unpaired) electrons. The van der Waals surface area contributed by atoms with Crippen molar-refractivity contribution >= 4 is 11.6 Å². The fourth-order valence-corrected chi connectivity index (χ4v) is 1.58. The molecule has 0 heterocycles. The Morgan fingerprint density at radius 3 is 2.71 bits per heavy atom. The summed E-state index contributed by atoms with van der Waals surface area (Å²) in [7, 11) is 0. The zero-order chi connectivity index (χ0) is 12.8. The van der Waals surface area contributed by atoms with Crippen molar-refractivity contribution in [1.29, 1.82) is 5.26 Å². The first-order chi connectivity index (χ1) is 8.04. The molecule has 3 nitrogen and oxygen atoms in total. The topological polar surface area (TPSA) is 45.0 Å². The van der Waals surface area contributed by atoms with Crippen LogP contribution in [0.15, 0.2) is 18.2 Å². The predicted molar refractivity (Wildman–Crippen MR) is 69.1 cm³/mol. The van der Waals surface area contributed by atoms with Crippen molar-refractivity contribution in [2.24, 2.45) is 0 Å². The number of ether oxygens (including phenoxy) is 1. The van der Waals surface area contributed by atoms with E-state index in [4.69, 9.17) is 21.6 Å². The van der Waals surface area contributed by atoms with Gasteiger partial charge in [-0.25, -0.2) is 0 Å². The van der Waals surface area contributed by atoms with Crippen LogP contribution in [0.1, 0.15) is 26.3 Å². The second kappa shape index (κ2) is 6.48. The molecule has 0 aliphatic heterocycles. The van der Waals surface area contributed by atoms with Crippen LogP contribution in [0.25, 0.3) is 0 Å². The zero-order valence-corrected chi connectivity index (χ0v) is 11.1. The van der Waals surface area contributed by atoms with Gasteiger partial charge >= 0.3 is 0 Å². The molecule has 1 aromatic carbocycles. The van der Waals surface area contributed by atoms with Gasteiger partial charge in [0.1, 0.15) is 11.8 Å². The van der Waals surface area contributed by atoms with Gasteiger partial charge in [-0.3, -0.25) is 0 Å². The highest BCUT2D eigenvalue weighted by Crippen LogP contribution is 2.27. The first-order valence-corrected chi connectivity index (χ1v) is 5.99. The molecule has 92 valence electrons. The van der Waals surface area contributed by atoms with Crippen LogP contribution >= 0.6 is 11.6 Å². The Labute approximate surface area is 107 Å². The van der Waals surface area contributed by atoms with Gasteiger partial charge in [-0.1, -0.05) is 31.5 Å². The zero-order valence-electron chi connectivity index (χ0n) is 10.3. The molecule has 0 saturated carbocycles. The minimum absolute atomic E-state index is 0.368. The maximum Gasteiger partial charge on any atom is 0.181 e. The number of benzene rings is 1. The second-order valence-electron chi connectivity index (χ2n) is 4.14. The Kier molecular flexibility index (Phi) is 5.27. The summed E-state index contributed by atoms with van der Waals surface area (Å²) in [4.78, 5) is 0. The van der Waals surface area contributed by atoms with Crippen LogP contribution in [0.3, 0.4) is 0 Å². The van der Waals surface area contributed by atoms with E-state index >= 15 is 0 Å². The standard InChI is InChI=1S/C13H17ClN2O/c1-9(2)16-8-11-12(14)5-4-6-13(11)17-10(3)7-15/h4-6,9-10,16H,8H2,1-3H3. The van der Waals surface area contributed by atoms with E-state index in [2.05, 4.69) is 19.2 Å². The summed E-state index contributed by atoms with van der Waals surface area (Å²) in [5.74, 6) is 0.666. The lowest BCUT2D eigenvalue weighted by Crippen LogP contribution is -2.23. The summed E-state index contributed by atoms with van der Waals surface area (Å²) < 4.78 is 5.52. The minimum atomic E-state index is -0.480. The Morgan fingerprint density at radius 2 is 2.12 bits per heavy atom. The molecule has 1 unspecified atom stereocenters. The lowest BCUT2D eigenvalue weighted by Gasteiger charge is -2.15. The lowest BCUT2D eigenvalue weighted by atomic mass is 10.2. The highest BCUT2D eigenvalue weighted by atomic mass is 35.5. The number of hydrogen-bond donors (Lipinski definition) is 1. The van der Waals surface area contributed by atoms with E-state index in [1.165, 1.54) is 0 Å². The molecule has 0 aromatic heterocycles. The van der Waals surface area contributed by atoms with Crippen LogP contribution in [0, 0.1) is 11.3 Å². The largest absolute Gasteiger partial charge is 0.475 e. The highest BCUT2D eigenvalue weighted by Gasteiger charge is 2.11. The molecular weight excluding hydrogens is 236 g/mol.